The average molecular weight is 512 g/mol. The van der Waals surface area contributed by atoms with E-state index in [0.29, 0.717) is 21.9 Å². The molecule has 0 saturated heterocycles. The first kappa shape index (κ1) is 26.6. The van der Waals surface area contributed by atoms with Crippen LogP contribution in [0.5, 0.6) is 11.5 Å². The van der Waals surface area contributed by atoms with Crippen molar-refractivity contribution in [2.75, 3.05) is 0 Å². The Kier molecular flexibility index (Phi) is 10.6. The van der Waals surface area contributed by atoms with E-state index < -0.39 is 5.95 Å². The summed E-state index contributed by atoms with van der Waals surface area (Å²) in [6.07, 6.45) is 15.7. The quantitative estimate of drug-likeness (QED) is 0.0851. The molecule has 0 atom stereocenters. The summed E-state index contributed by atoms with van der Waals surface area (Å²) >= 11 is 1.48. The van der Waals surface area contributed by atoms with E-state index in [4.69, 9.17) is 15.9 Å². The highest BCUT2D eigenvalue weighted by Gasteiger charge is 2.13. The molecule has 6 heteroatoms. The molecule has 36 heavy (non-hydrogen) atoms. The number of halogens is 1. The van der Waals surface area contributed by atoms with Gasteiger partial charge in [0.05, 0.1) is 5.69 Å². The van der Waals surface area contributed by atoms with Crippen LogP contribution >= 0.6 is 11.3 Å². The monoisotopic (exact) mass is 511 g/mol. The van der Waals surface area contributed by atoms with Crippen molar-refractivity contribution in [3.8, 4) is 59.0 Å². The Bertz CT molecular complexity index is 1360. The van der Waals surface area contributed by atoms with E-state index >= 15 is 0 Å². The molecular formula is C30H38FNO3S. The van der Waals surface area contributed by atoms with E-state index in [1.807, 2.05) is 12.1 Å². The zero-order chi connectivity index (χ0) is 25.6. The zero-order valence-corrected chi connectivity index (χ0v) is 20.9. The first-order valence-electron chi connectivity index (χ1n) is 11.8. The Morgan fingerprint density at radius 1 is 1.00 bits per heavy atom. The summed E-state index contributed by atoms with van der Waals surface area (Å²) in [7, 11) is 0. The van der Waals surface area contributed by atoms with E-state index in [2.05, 4.69) is 41.7 Å². The molecule has 0 spiro atoms. The van der Waals surface area contributed by atoms with Crippen LogP contribution < -0.4 is 9.47 Å². The molecule has 2 heterocycles. The molecule has 3 aromatic rings. The molecule has 0 unspecified atom stereocenters. The fourth-order valence-electron chi connectivity index (χ4n) is 3.38. The average Bonchev–Trinajstić information content (AvgIpc) is 3.36. The molecule has 0 fully saturated rings. The van der Waals surface area contributed by atoms with E-state index in [-0.39, 0.29) is 20.3 Å². The topological polar surface area (TPSA) is 48.4 Å². The first-order valence-corrected chi connectivity index (χ1v) is 12.6. The number of esters is 1. The Morgan fingerprint density at radius 2 is 1.78 bits per heavy atom. The number of hydrogen-bond donors (Lipinski definition) is 0. The number of carbonyl (C=O) groups is 1. The molecule has 4 nitrogen and oxygen atoms in total. The van der Waals surface area contributed by atoms with Gasteiger partial charge in [0.2, 0.25) is 0 Å². The second-order valence-electron chi connectivity index (χ2n) is 7.91. The maximum Gasteiger partial charge on any atom is 0.353 e. The number of thiophene rings is 1. The Labute approximate surface area is 224 Å². The molecule has 2 aromatic heterocycles. The summed E-state index contributed by atoms with van der Waals surface area (Å²) < 4.78 is 24.8. The molecule has 3 rings (SSSR count). The van der Waals surface area contributed by atoms with Crippen molar-refractivity contribution >= 4 is 17.3 Å². The van der Waals surface area contributed by atoms with Crippen molar-refractivity contribution in [1.29, 1.82) is 0 Å². The molecule has 1 aromatic carbocycles. The number of aromatic nitrogens is 1. The molecule has 0 amide bonds. The zero-order valence-electron chi connectivity index (χ0n) is 20.1. The van der Waals surface area contributed by atoms with Gasteiger partial charge in [-0.25, -0.2) is 9.78 Å². The van der Waals surface area contributed by atoms with Crippen molar-refractivity contribution < 1.29 is 27.2 Å². The van der Waals surface area contributed by atoms with Gasteiger partial charge in [0.25, 0.3) is 5.95 Å². The number of aryl methyl sites for hydroxylation is 1. The lowest BCUT2D eigenvalue weighted by molar-refractivity contribution is 0.0740. The SMILES string of the molecule is C#CC#CC#COc1ccc(-c2ccc(OC(=O)c3ccc(CCCCCCCC)s3)cc2)nc1F.[HH].[HH].[HH].[HH].[HH].[HH]. The van der Waals surface area contributed by atoms with Crippen LogP contribution in [0.3, 0.4) is 0 Å². The van der Waals surface area contributed by atoms with Gasteiger partial charge in [0.15, 0.2) is 5.75 Å². The van der Waals surface area contributed by atoms with Gasteiger partial charge >= 0.3 is 5.97 Å². The van der Waals surface area contributed by atoms with Gasteiger partial charge in [-0.2, -0.15) is 4.39 Å². The lowest BCUT2D eigenvalue weighted by Gasteiger charge is -2.06. The predicted molar refractivity (Wildman–Crippen MR) is 154 cm³/mol. The van der Waals surface area contributed by atoms with Gasteiger partial charge in [0, 0.05) is 30.8 Å². The standard InChI is InChI=1S/C30H26FNO3S.6H2/c1-3-5-7-9-10-11-13-25-18-21-28(36-25)30(33)35-24-16-14-23(15-17-24)26-19-20-27(29(31)32-26)34-22-12-8-6-4-2;;;;;;/h2,14-21H,3,5,7,9-11,13H2,1H3;6*1H. The van der Waals surface area contributed by atoms with Crippen LogP contribution in [0.15, 0.2) is 48.5 Å². The van der Waals surface area contributed by atoms with Crippen molar-refractivity contribution in [2.24, 2.45) is 0 Å². The summed E-state index contributed by atoms with van der Waals surface area (Å²) in [5.74, 6) is 8.20. The number of carbonyl (C=O) groups excluding carboxylic acids is 1. The number of nitrogens with zero attached hydrogens (tertiary/aromatic N) is 1. The smallest absolute Gasteiger partial charge is 0.353 e. The van der Waals surface area contributed by atoms with Crippen LogP contribution in [0.25, 0.3) is 11.3 Å². The van der Waals surface area contributed by atoms with Crippen LogP contribution in [-0.4, -0.2) is 11.0 Å². The summed E-state index contributed by atoms with van der Waals surface area (Å²) in [5, 5.41) is 0. The summed E-state index contributed by atoms with van der Waals surface area (Å²) in [4.78, 5) is 18.2. The van der Waals surface area contributed by atoms with Crippen LogP contribution in [0.4, 0.5) is 4.39 Å². The van der Waals surface area contributed by atoms with E-state index in [1.54, 1.807) is 30.3 Å². The molecule has 0 bridgehead atoms. The largest absolute Gasteiger partial charge is 0.422 e. The van der Waals surface area contributed by atoms with Crippen LogP contribution in [0.1, 0.15) is 68.6 Å². The van der Waals surface area contributed by atoms with E-state index in [0.717, 1.165) is 12.8 Å². The molecule has 0 aliphatic carbocycles. The minimum Gasteiger partial charge on any atom is -0.422 e. The van der Waals surface area contributed by atoms with Crippen LogP contribution in [-0.2, 0) is 6.42 Å². The van der Waals surface area contributed by atoms with Gasteiger partial charge in [0.1, 0.15) is 16.7 Å². The summed E-state index contributed by atoms with van der Waals surface area (Å²) in [6, 6.07) is 13.6. The lowest BCUT2D eigenvalue weighted by Crippen LogP contribution is -2.06. The van der Waals surface area contributed by atoms with Crippen molar-refractivity contribution in [1.82, 2.24) is 4.98 Å². The fourth-order valence-corrected chi connectivity index (χ4v) is 4.31. The number of benzene rings is 1. The fraction of sp³-hybridized carbons (Fsp3) is 0.267. The maximum atomic E-state index is 14.3. The third-order valence-electron chi connectivity index (χ3n) is 5.22. The number of terminal acetylenes is 1. The van der Waals surface area contributed by atoms with Gasteiger partial charge in [-0.3, -0.25) is 0 Å². The Hall–Kier alpha value is -4.05. The second-order valence-corrected chi connectivity index (χ2v) is 9.07. The summed E-state index contributed by atoms with van der Waals surface area (Å²) in [6.45, 7) is 2.22. The third-order valence-corrected chi connectivity index (χ3v) is 6.35. The number of pyridine rings is 1. The van der Waals surface area contributed by atoms with Crippen LogP contribution in [0, 0.1) is 42.2 Å². The number of ether oxygens (including phenoxy) is 2. The molecule has 0 radical (unpaired) electrons. The van der Waals surface area contributed by atoms with Crippen LogP contribution in [0.2, 0.25) is 0 Å². The van der Waals surface area contributed by atoms with Crippen molar-refractivity contribution in [3.63, 3.8) is 0 Å². The molecule has 0 N–H and O–H groups in total. The van der Waals surface area contributed by atoms with E-state index in [9.17, 15) is 9.18 Å². The Balaban J connectivity index is -0.00000120. The number of unbranched alkanes of at least 4 members (excludes halogenated alkanes) is 5. The summed E-state index contributed by atoms with van der Waals surface area (Å²) in [5.41, 5.74) is 1.05. The van der Waals surface area contributed by atoms with Gasteiger partial charge in [-0.1, -0.05) is 39.0 Å². The molecule has 0 aliphatic rings. The second kappa shape index (κ2) is 14.4. The molecular weight excluding hydrogens is 473 g/mol. The maximum absolute atomic E-state index is 14.3. The van der Waals surface area contributed by atoms with Crippen molar-refractivity contribution in [2.45, 2.75) is 51.9 Å². The predicted octanol–water partition coefficient (Wildman–Crippen LogP) is 8.52. The van der Waals surface area contributed by atoms with Crippen molar-refractivity contribution in [3.05, 3.63) is 64.2 Å². The van der Waals surface area contributed by atoms with Gasteiger partial charge < -0.3 is 9.47 Å². The normalized spacial score (nSPS) is 9.81. The minimum absolute atomic E-state index is 0. The third kappa shape index (κ3) is 8.31. The van der Waals surface area contributed by atoms with E-state index in [1.165, 1.54) is 54.4 Å². The number of rotatable bonds is 11. The molecule has 0 saturated carbocycles. The minimum atomic E-state index is -0.809. The highest BCUT2D eigenvalue weighted by atomic mass is 32.1. The highest BCUT2D eigenvalue weighted by molar-refractivity contribution is 7.13. The molecule has 0 aliphatic heterocycles. The number of hydrogen-bond acceptors (Lipinski definition) is 5. The van der Waals surface area contributed by atoms with Gasteiger partial charge in [-0.15, -0.1) is 17.8 Å². The highest BCUT2D eigenvalue weighted by Crippen LogP contribution is 2.26. The Morgan fingerprint density at radius 3 is 2.53 bits per heavy atom. The molecule has 194 valence electrons. The van der Waals surface area contributed by atoms with Gasteiger partial charge in [-0.05, 0) is 73.2 Å². The lowest BCUT2D eigenvalue weighted by atomic mass is 10.1. The first-order chi connectivity index (χ1) is 17.6.